The number of carbonyl (C=O) groups is 2. The molecule has 0 atom stereocenters. The summed E-state index contributed by atoms with van der Waals surface area (Å²) in [5.41, 5.74) is 0.319. The van der Waals surface area contributed by atoms with Crippen LogP contribution in [-0.4, -0.2) is 28.4 Å². The number of aliphatic hydroxyl groups is 1. The Labute approximate surface area is 98.7 Å². The maximum absolute atomic E-state index is 11.5. The Morgan fingerprint density at radius 1 is 1.47 bits per heavy atom. The van der Waals surface area contributed by atoms with Gasteiger partial charge in [-0.25, -0.2) is 4.79 Å². The van der Waals surface area contributed by atoms with Gasteiger partial charge in [-0.1, -0.05) is 0 Å². The van der Waals surface area contributed by atoms with Gasteiger partial charge < -0.3 is 9.84 Å². The third-order valence-electron chi connectivity index (χ3n) is 2.09. The van der Waals surface area contributed by atoms with E-state index in [-0.39, 0.29) is 17.9 Å². The number of aromatic nitrogens is 1. The number of nitrogens with zero attached hydrogens (tertiary/aromatic N) is 1. The summed E-state index contributed by atoms with van der Waals surface area (Å²) in [5.74, 6) is -2.09. The highest BCUT2D eigenvalue weighted by molar-refractivity contribution is 6.41. The average Bonchev–Trinajstić information content (AvgIpc) is 2.37. The fourth-order valence-corrected chi connectivity index (χ4v) is 1.18. The Balaban J connectivity index is 2.98. The predicted octanol–water partition coefficient (Wildman–Crippen LogP) is 1.50. The number of ketones is 1. The van der Waals surface area contributed by atoms with Crippen molar-refractivity contribution in [3.8, 4) is 0 Å². The van der Waals surface area contributed by atoms with Crippen LogP contribution in [0.5, 0.6) is 0 Å². The molecule has 5 nitrogen and oxygen atoms in total. The Kier molecular flexibility index (Phi) is 4.39. The van der Waals surface area contributed by atoms with Gasteiger partial charge in [-0.15, -0.1) is 0 Å². The first-order valence-electron chi connectivity index (χ1n) is 5.09. The van der Waals surface area contributed by atoms with Crippen LogP contribution in [0.3, 0.4) is 0 Å². The molecule has 5 heteroatoms. The highest BCUT2D eigenvalue weighted by atomic mass is 16.5. The van der Waals surface area contributed by atoms with E-state index in [9.17, 15) is 14.7 Å². The Morgan fingerprint density at radius 3 is 2.71 bits per heavy atom. The van der Waals surface area contributed by atoms with Crippen LogP contribution in [0, 0.1) is 0 Å². The number of carbonyl (C=O) groups excluding carboxylic acids is 2. The minimum atomic E-state index is -0.972. The first-order chi connectivity index (χ1) is 8.07. The highest BCUT2D eigenvalue weighted by Gasteiger charge is 2.20. The average molecular weight is 235 g/mol. The van der Waals surface area contributed by atoms with Crippen LogP contribution in [0.4, 0.5) is 0 Å². The predicted molar refractivity (Wildman–Crippen MR) is 61.1 cm³/mol. The second-order valence-corrected chi connectivity index (χ2v) is 3.26. The minimum Gasteiger partial charge on any atom is -0.507 e. The Hall–Kier alpha value is -2.17. The third kappa shape index (κ3) is 3.14. The summed E-state index contributed by atoms with van der Waals surface area (Å²) in [6, 6.07) is 3.21. The van der Waals surface area contributed by atoms with Crippen molar-refractivity contribution in [2.75, 3.05) is 6.61 Å². The zero-order valence-electron chi connectivity index (χ0n) is 9.64. The van der Waals surface area contributed by atoms with Gasteiger partial charge in [0.2, 0.25) is 0 Å². The quantitative estimate of drug-likeness (QED) is 0.370. The standard InChI is InChI=1S/C12H13NO4/c1-3-17-12(16)11(15)8(2)10(14)9-5-4-6-13-7-9/h4-7,14H,3H2,1-2H3/b10-8-. The van der Waals surface area contributed by atoms with E-state index in [1.807, 2.05) is 0 Å². The molecule has 1 aromatic heterocycles. The maximum atomic E-state index is 11.5. The first-order valence-corrected chi connectivity index (χ1v) is 5.09. The van der Waals surface area contributed by atoms with Crippen LogP contribution in [-0.2, 0) is 14.3 Å². The summed E-state index contributed by atoms with van der Waals surface area (Å²) in [7, 11) is 0. The van der Waals surface area contributed by atoms with Crippen LogP contribution in [0.25, 0.3) is 5.76 Å². The molecule has 0 radical (unpaired) electrons. The van der Waals surface area contributed by atoms with Gasteiger partial charge in [-0.05, 0) is 26.0 Å². The Bertz CT molecular complexity index is 451. The molecule has 0 aromatic carbocycles. The summed E-state index contributed by atoms with van der Waals surface area (Å²) < 4.78 is 4.56. The van der Waals surface area contributed by atoms with E-state index in [0.717, 1.165) is 0 Å². The molecule has 0 aliphatic carbocycles. The number of rotatable bonds is 4. The van der Waals surface area contributed by atoms with Crippen molar-refractivity contribution in [1.29, 1.82) is 0 Å². The third-order valence-corrected chi connectivity index (χ3v) is 2.09. The first kappa shape index (κ1) is 12.9. The summed E-state index contributed by atoms with van der Waals surface area (Å²) in [6.45, 7) is 3.08. The molecule has 1 aromatic rings. The van der Waals surface area contributed by atoms with Crippen LogP contribution >= 0.6 is 0 Å². The number of hydrogen-bond donors (Lipinski definition) is 1. The fraction of sp³-hybridized carbons (Fsp3) is 0.250. The van der Waals surface area contributed by atoms with Crippen molar-refractivity contribution in [3.05, 3.63) is 35.7 Å². The lowest BCUT2D eigenvalue weighted by molar-refractivity contribution is -0.151. The van der Waals surface area contributed by atoms with Crippen molar-refractivity contribution in [1.82, 2.24) is 4.98 Å². The van der Waals surface area contributed by atoms with Gasteiger partial charge in [0, 0.05) is 23.5 Å². The Morgan fingerprint density at radius 2 is 2.18 bits per heavy atom. The molecule has 90 valence electrons. The van der Waals surface area contributed by atoms with E-state index in [2.05, 4.69) is 9.72 Å². The number of Topliss-reactive ketones (excluding diaryl/α,β-unsaturated/α-hetero) is 1. The number of hydrogen-bond acceptors (Lipinski definition) is 5. The molecule has 0 amide bonds. The van der Waals surface area contributed by atoms with Crippen LogP contribution < -0.4 is 0 Å². The van der Waals surface area contributed by atoms with E-state index in [1.165, 1.54) is 13.1 Å². The lowest BCUT2D eigenvalue weighted by Gasteiger charge is -2.05. The molecule has 0 bridgehead atoms. The minimum absolute atomic E-state index is 0.0588. The molecule has 1 heterocycles. The lowest BCUT2D eigenvalue weighted by atomic mass is 10.1. The zero-order valence-corrected chi connectivity index (χ0v) is 9.64. The molecular formula is C12H13NO4. The summed E-state index contributed by atoms with van der Waals surface area (Å²) in [6.07, 6.45) is 2.94. The highest BCUT2D eigenvalue weighted by Crippen LogP contribution is 2.15. The normalized spacial score (nSPS) is 11.6. The van der Waals surface area contributed by atoms with Crippen LogP contribution in [0.1, 0.15) is 19.4 Å². The SMILES string of the molecule is CCOC(=O)C(=O)/C(C)=C(\O)c1cccnc1. The van der Waals surface area contributed by atoms with E-state index in [0.29, 0.717) is 5.56 Å². The van der Waals surface area contributed by atoms with Gasteiger partial charge in [0.15, 0.2) is 0 Å². The molecule has 0 aliphatic heterocycles. The topological polar surface area (TPSA) is 76.5 Å². The molecular weight excluding hydrogens is 222 g/mol. The lowest BCUT2D eigenvalue weighted by Crippen LogP contribution is -2.19. The largest absolute Gasteiger partial charge is 0.507 e. The number of aliphatic hydroxyl groups excluding tert-OH is 1. The van der Waals surface area contributed by atoms with Crippen molar-refractivity contribution in [2.24, 2.45) is 0 Å². The van der Waals surface area contributed by atoms with E-state index in [1.54, 1.807) is 25.3 Å². The van der Waals surface area contributed by atoms with Gasteiger partial charge in [-0.3, -0.25) is 9.78 Å². The molecule has 0 spiro atoms. The van der Waals surface area contributed by atoms with Gasteiger partial charge in [0.1, 0.15) is 5.76 Å². The van der Waals surface area contributed by atoms with Gasteiger partial charge in [-0.2, -0.15) is 0 Å². The molecule has 0 fully saturated rings. The van der Waals surface area contributed by atoms with Crippen molar-refractivity contribution < 1.29 is 19.4 Å². The van der Waals surface area contributed by atoms with Crippen molar-refractivity contribution in [3.63, 3.8) is 0 Å². The van der Waals surface area contributed by atoms with Gasteiger partial charge >= 0.3 is 5.97 Å². The zero-order chi connectivity index (χ0) is 12.8. The molecule has 0 aliphatic rings. The number of esters is 1. The molecule has 0 saturated carbocycles. The van der Waals surface area contributed by atoms with E-state index >= 15 is 0 Å². The number of pyridine rings is 1. The van der Waals surface area contributed by atoms with Gasteiger partial charge in [0.05, 0.1) is 6.61 Å². The molecule has 1 rings (SSSR count). The summed E-state index contributed by atoms with van der Waals surface area (Å²) >= 11 is 0. The fourth-order valence-electron chi connectivity index (χ4n) is 1.18. The molecule has 0 unspecified atom stereocenters. The molecule has 0 saturated heterocycles. The summed E-state index contributed by atoms with van der Waals surface area (Å²) in [5, 5.41) is 9.79. The van der Waals surface area contributed by atoms with E-state index < -0.39 is 11.8 Å². The second kappa shape index (κ2) is 5.79. The molecule has 1 N–H and O–H groups in total. The number of ether oxygens (including phenoxy) is 1. The second-order valence-electron chi connectivity index (χ2n) is 3.26. The summed E-state index contributed by atoms with van der Waals surface area (Å²) in [4.78, 5) is 26.5. The maximum Gasteiger partial charge on any atom is 0.379 e. The molecule has 17 heavy (non-hydrogen) atoms. The van der Waals surface area contributed by atoms with E-state index in [4.69, 9.17) is 0 Å². The van der Waals surface area contributed by atoms with Crippen molar-refractivity contribution >= 4 is 17.5 Å². The van der Waals surface area contributed by atoms with Crippen LogP contribution in [0.15, 0.2) is 30.1 Å². The monoisotopic (exact) mass is 235 g/mol. The van der Waals surface area contributed by atoms with Gasteiger partial charge in [0.25, 0.3) is 5.78 Å². The smallest absolute Gasteiger partial charge is 0.379 e. The van der Waals surface area contributed by atoms with Crippen LogP contribution in [0.2, 0.25) is 0 Å². The van der Waals surface area contributed by atoms with Crippen molar-refractivity contribution in [2.45, 2.75) is 13.8 Å².